The fraction of sp³-hybridized carbons (Fsp3) is 0.364. The maximum Gasteiger partial charge on any atom is 0.260 e. The van der Waals surface area contributed by atoms with Crippen molar-refractivity contribution in [2.24, 2.45) is 0 Å². The van der Waals surface area contributed by atoms with Crippen LogP contribution in [-0.4, -0.2) is 69.9 Å². The van der Waals surface area contributed by atoms with Crippen molar-refractivity contribution in [2.45, 2.75) is 11.8 Å². The van der Waals surface area contributed by atoms with Crippen molar-refractivity contribution in [3.8, 4) is 11.5 Å². The molecule has 2 heterocycles. The lowest BCUT2D eigenvalue weighted by molar-refractivity contribution is -0.133. The van der Waals surface area contributed by atoms with E-state index in [1.165, 1.54) is 17.6 Å². The Morgan fingerprint density at radius 2 is 1.69 bits per heavy atom. The lowest BCUT2D eigenvalue weighted by Gasteiger charge is -2.34. The van der Waals surface area contributed by atoms with Crippen LogP contribution in [0.3, 0.4) is 0 Å². The number of hydrogen-bond acceptors (Lipinski definition) is 8. The minimum atomic E-state index is -3.35. The van der Waals surface area contributed by atoms with Crippen molar-refractivity contribution < 1.29 is 22.7 Å². The number of thiazole rings is 1. The molecule has 1 amide bonds. The fourth-order valence-electron chi connectivity index (χ4n) is 3.53. The molecule has 1 aliphatic heterocycles. The Labute approximate surface area is 191 Å². The topological polar surface area (TPSA) is 89.0 Å². The van der Waals surface area contributed by atoms with Crippen molar-refractivity contribution in [2.75, 3.05) is 50.5 Å². The van der Waals surface area contributed by atoms with Gasteiger partial charge in [-0.2, -0.15) is 0 Å². The molecule has 3 aromatic rings. The van der Waals surface area contributed by atoms with E-state index in [1.807, 2.05) is 25.1 Å². The molecule has 0 atom stereocenters. The van der Waals surface area contributed by atoms with Crippen LogP contribution in [0.4, 0.5) is 5.13 Å². The predicted octanol–water partition coefficient (Wildman–Crippen LogP) is 2.83. The summed E-state index contributed by atoms with van der Waals surface area (Å²) >= 11 is 1.47. The van der Waals surface area contributed by atoms with Crippen LogP contribution in [0.2, 0.25) is 0 Å². The molecule has 0 bridgehead atoms. The van der Waals surface area contributed by atoms with Crippen LogP contribution < -0.4 is 14.4 Å². The smallest absolute Gasteiger partial charge is 0.260 e. The molecular formula is C22H25N3O5S2. The van der Waals surface area contributed by atoms with Gasteiger partial charge in [0.25, 0.3) is 5.91 Å². The molecule has 0 N–H and O–H groups in total. The molecule has 8 nitrogen and oxygen atoms in total. The number of para-hydroxylation sites is 1. The van der Waals surface area contributed by atoms with Crippen LogP contribution in [0.15, 0.2) is 47.4 Å². The first-order chi connectivity index (χ1) is 15.3. The van der Waals surface area contributed by atoms with Crippen molar-refractivity contribution >= 4 is 42.4 Å². The summed E-state index contributed by atoms with van der Waals surface area (Å²) in [6, 6.07) is 12.4. The van der Waals surface area contributed by atoms with Crippen LogP contribution >= 0.6 is 11.3 Å². The zero-order valence-electron chi connectivity index (χ0n) is 18.0. The zero-order valence-corrected chi connectivity index (χ0v) is 19.6. The second-order valence-corrected chi connectivity index (χ2v) is 10.4. The minimum Gasteiger partial charge on any atom is -0.494 e. The van der Waals surface area contributed by atoms with Gasteiger partial charge in [0.1, 0.15) is 17.0 Å². The first-order valence-electron chi connectivity index (χ1n) is 10.3. The van der Waals surface area contributed by atoms with Gasteiger partial charge in [-0.25, -0.2) is 13.4 Å². The number of anilines is 1. The molecule has 1 aliphatic rings. The number of carbonyl (C=O) groups is 1. The molecule has 10 heteroatoms. The molecular weight excluding hydrogens is 450 g/mol. The lowest BCUT2D eigenvalue weighted by Crippen LogP contribution is -2.50. The van der Waals surface area contributed by atoms with Gasteiger partial charge in [0.05, 0.1) is 16.2 Å². The van der Waals surface area contributed by atoms with Crippen molar-refractivity contribution in [1.82, 2.24) is 9.88 Å². The number of carbonyl (C=O) groups excluding carboxylic acids is 1. The molecule has 1 fully saturated rings. The molecule has 0 unspecified atom stereocenters. The molecule has 2 aromatic carbocycles. The van der Waals surface area contributed by atoms with E-state index in [1.54, 1.807) is 29.2 Å². The quantitative estimate of drug-likeness (QED) is 0.519. The number of sulfone groups is 1. The highest BCUT2D eigenvalue weighted by atomic mass is 32.2. The number of hydrogen-bond donors (Lipinski definition) is 0. The summed E-state index contributed by atoms with van der Waals surface area (Å²) in [4.78, 5) is 21.3. The maximum atomic E-state index is 12.6. The van der Waals surface area contributed by atoms with Crippen molar-refractivity contribution in [3.05, 3.63) is 42.5 Å². The van der Waals surface area contributed by atoms with E-state index in [4.69, 9.17) is 9.47 Å². The SMILES string of the molecule is CCOc1ccc(OCC(=O)N2CCN(c3nc4c(S(C)(=O)=O)cccc4s3)CC2)cc1. The molecule has 0 spiro atoms. The molecule has 4 rings (SSSR count). The largest absolute Gasteiger partial charge is 0.494 e. The van der Waals surface area contributed by atoms with E-state index in [2.05, 4.69) is 9.88 Å². The number of nitrogens with zero attached hydrogens (tertiary/aromatic N) is 3. The molecule has 170 valence electrons. The minimum absolute atomic E-state index is 0.0210. The van der Waals surface area contributed by atoms with E-state index in [0.717, 1.165) is 15.6 Å². The predicted molar refractivity (Wildman–Crippen MR) is 125 cm³/mol. The second-order valence-electron chi connectivity index (χ2n) is 7.43. The Balaban J connectivity index is 1.34. The van der Waals surface area contributed by atoms with Gasteiger partial charge >= 0.3 is 0 Å². The number of benzene rings is 2. The van der Waals surface area contributed by atoms with Gasteiger partial charge in [0, 0.05) is 32.4 Å². The average molecular weight is 476 g/mol. The highest BCUT2D eigenvalue weighted by Gasteiger charge is 2.24. The Hall–Kier alpha value is -2.85. The second kappa shape index (κ2) is 9.33. The summed E-state index contributed by atoms with van der Waals surface area (Å²) in [5.41, 5.74) is 0.511. The summed E-state index contributed by atoms with van der Waals surface area (Å²) in [7, 11) is -3.35. The Morgan fingerprint density at radius 3 is 2.31 bits per heavy atom. The first-order valence-corrected chi connectivity index (χ1v) is 13.0. The van der Waals surface area contributed by atoms with Crippen molar-refractivity contribution in [1.29, 1.82) is 0 Å². The van der Waals surface area contributed by atoms with Gasteiger partial charge < -0.3 is 19.3 Å². The van der Waals surface area contributed by atoms with E-state index >= 15 is 0 Å². The van der Waals surface area contributed by atoms with E-state index in [9.17, 15) is 13.2 Å². The van der Waals surface area contributed by atoms with Crippen LogP contribution in [0, 0.1) is 0 Å². The van der Waals surface area contributed by atoms with Gasteiger partial charge in [0.2, 0.25) is 0 Å². The number of aromatic nitrogens is 1. The fourth-order valence-corrected chi connectivity index (χ4v) is 5.47. The summed E-state index contributed by atoms with van der Waals surface area (Å²) in [5, 5.41) is 0.772. The van der Waals surface area contributed by atoms with E-state index < -0.39 is 9.84 Å². The maximum absolute atomic E-state index is 12.6. The van der Waals surface area contributed by atoms with Gasteiger partial charge in [-0.3, -0.25) is 4.79 Å². The summed E-state index contributed by atoms with van der Waals surface area (Å²) in [6.45, 7) is 4.87. The summed E-state index contributed by atoms with van der Waals surface area (Å²) < 4.78 is 36.0. The number of fused-ring (bicyclic) bond motifs is 1. The molecule has 1 saturated heterocycles. The molecule has 0 saturated carbocycles. The zero-order chi connectivity index (χ0) is 22.7. The third kappa shape index (κ3) is 4.97. The molecule has 0 aliphatic carbocycles. The van der Waals surface area contributed by atoms with Crippen LogP contribution in [0.5, 0.6) is 11.5 Å². The number of rotatable bonds is 7. The lowest BCUT2D eigenvalue weighted by atomic mass is 10.3. The van der Waals surface area contributed by atoms with Crippen LogP contribution in [0.1, 0.15) is 6.92 Å². The number of piperazine rings is 1. The van der Waals surface area contributed by atoms with E-state index in [-0.39, 0.29) is 17.4 Å². The standard InChI is InChI=1S/C22H25N3O5S2/c1-3-29-16-7-9-17(10-8-16)30-15-20(26)24-11-13-25(14-12-24)22-23-21-18(31-22)5-4-6-19(21)32(2,27)28/h4-10H,3,11-15H2,1-2H3. The van der Waals surface area contributed by atoms with E-state index in [0.29, 0.717) is 44.1 Å². The van der Waals surface area contributed by atoms with Gasteiger partial charge in [-0.1, -0.05) is 17.4 Å². The first kappa shape index (κ1) is 22.3. The van der Waals surface area contributed by atoms with Crippen LogP contribution in [-0.2, 0) is 14.6 Å². The van der Waals surface area contributed by atoms with Gasteiger partial charge in [-0.15, -0.1) is 0 Å². The molecule has 32 heavy (non-hydrogen) atoms. The third-order valence-electron chi connectivity index (χ3n) is 5.17. The highest BCUT2D eigenvalue weighted by Crippen LogP contribution is 2.33. The monoisotopic (exact) mass is 475 g/mol. The van der Waals surface area contributed by atoms with Gasteiger partial charge in [-0.05, 0) is 43.3 Å². The Kier molecular flexibility index (Phi) is 6.52. The van der Waals surface area contributed by atoms with Crippen molar-refractivity contribution in [3.63, 3.8) is 0 Å². The summed E-state index contributed by atoms with van der Waals surface area (Å²) in [5.74, 6) is 1.32. The number of ether oxygens (including phenoxy) is 2. The molecule has 1 aromatic heterocycles. The normalized spacial score (nSPS) is 14.6. The van der Waals surface area contributed by atoms with Crippen LogP contribution in [0.25, 0.3) is 10.2 Å². The molecule has 0 radical (unpaired) electrons. The highest BCUT2D eigenvalue weighted by molar-refractivity contribution is 7.91. The number of amides is 1. The Morgan fingerprint density at radius 1 is 1.03 bits per heavy atom. The van der Waals surface area contributed by atoms with Gasteiger partial charge in [0.15, 0.2) is 21.6 Å². The summed E-state index contributed by atoms with van der Waals surface area (Å²) in [6.07, 6.45) is 1.20. The third-order valence-corrected chi connectivity index (χ3v) is 7.38. The average Bonchev–Trinajstić information content (AvgIpc) is 3.22. The Bertz CT molecular complexity index is 1200.